The van der Waals surface area contributed by atoms with Crippen molar-refractivity contribution in [2.45, 2.75) is 13.2 Å². The van der Waals surface area contributed by atoms with Crippen molar-refractivity contribution in [1.29, 1.82) is 0 Å². The first-order valence-electron chi connectivity index (χ1n) is 5.86. The summed E-state index contributed by atoms with van der Waals surface area (Å²) in [5.41, 5.74) is 8.52. The van der Waals surface area contributed by atoms with Crippen molar-refractivity contribution in [3.63, 3.8) is 0 Å². The van der Waals surface area contributed by atoms with Gasteiger partial charge in [-0.25, -0.2) is 4.79 Å². The van der Waals surface area contributed by atoms with Gasteiger partial charge in [0, 0.05) is 12.7 Å². The second-order valence-corrected chi connectivity index (χ2v) is 4.25. The molecule has 19 heavy (non-hydrogen) atoms. The highest BCUT2D eigenvalue weighted by Gasteiger charge is 2.13. The minimum absolute atomic E-state index is 0.0180. The van der Waals surface area contributed by atoms with Crippen LogP contribution in [0.2, 0.25) is 0 Å². The molecule has 0 aliphatic rings. The fraction of sp³-hybridized carbons (Fsp3) is 0.214. The Bertz CT molecular complexity index is 573. The highest BCUT2D eigenvalue weighted by atomic mass is 16.5. The van der Waals surface area contributed by atoms with E-state index in [1.54, 1.807) is 16.8 Å². The molecule has 0 saturated carbocycles. The molecule has 5 nitrogen and oxygen atoms in total. The molecular weight excluding hydrogens is 244 g/mol. The molecule has 3 N–H and O–H groups in total. The standard InChI is InChI=1S/C14H16N2O3/c1-19-14(18)13-6-12(15)8-16(13)7-10-2-4-11(9-17)5-3-10/h2-6,8,17H,7,9,15H2,1H3. The molecule has 5 heteroatoms. The number of carbonyl (C=O) groups is 1. The van der Waals surface area contributed by atoms with Crippen molar-refractivity contribution in [2.75, 3.05) is 12.8 Å². The molecule has 2 rings (SSSR count). The maximum Gasteiger partial charge on any atom is 0.354 e. The van der Waals surface area contributed by atoms with Gasteiger partial charge in [-0.15, -0.1) is 0 Å². The Morgan fingerprint density at radius 3 is 2.53 bits per heavy atom. The second kappa shape index (κ2) is 5.58. The molecule has 1 aromatic heterocycles. The normalized spacial score (nSPS) is 10.4. The average Bonchev–Trinajstić information content (AvgIpc) is 2.79. The van der Waals surface area contributed by atoms with Crippen molar-refractivity contribution in [3.05, 3.63) is 53.3 Å². The van der Waals surface area contributed by atoms with Gasteiger partial charge in [-0.3, -0.25) is 0 Å². The molecule has 100 valence electrons. The first-order valence-corrected chi connectivity index (χ1v) is 5.86. The molecule has 1 aromatic carbocycles. The molecule has 1 heterocycles. The quantitative estimate of drug-likeness (QED) is 0.814. The van der Waals surface area contributed by atoms with E-state index in [2.05, 4.69) is 0 Å². The molecular formula is C14H16N2O3. The van der Waals surface area contributed by atoms with Gasteiger partial charge in [-0.2, -0.15) is 0 Å². The van der Waals surface area contributed by atoms with Gasteiger partial charge in [0.2, 0.25) is 0 Å². The van der Waals surface area contributed by atoms with E-state index in [1.165, 1.54) is 7.11 Å². The number of rotatable bonds is 4. The average molecular weight is 260 g/mol. The highest BCUT2D eigenvalue weighted by molar-refractivity contribution is 5.89. The third-order valence-corrected chi connectivity index (χ3v) is 2.87. The molecule has 2 aromatic rings. The van der Waals surface area contributed by atoms with E-state index >= 15 is 0 Å². The Hall–Kier alpha value is -2.27. The van der Waals surface area contributed by atoms with Crippen LogP contribution in [0.5, 0.6) is 0 Å². The Labute approximate surface area is 111 Å². The second-order valence-electron chi connectivity index (χ2n) is 4.25. The number of ether oxygens (including phenoxy) is 1. The number of methoxy groups -OCH3 is 1. The van der Waals surface area contributed by atoms with Gasteiger partial charge in [-0.1, -0.05) is 24.3 Å². The molecule has 0 bridgehead atoms. The number of hydrogen-bond donors (Lipinski definition) is 2. The summed E-state index contributed by atoms with van der Waals surface area (Å²) in [5.74, 6) is -0.413. The number of nitrogens with zero attached hydrogens (tertiary/aromatic N) is 1. The van der Waals surface area contributed by atoms with Crippen LogP contribution in [0.4, 0.5) is 5.69 Å². The molecule has 0 fully saturated rings. The number of aromatic nitrogens is 1. The van der Waals surface area contributed by atoms with Crippen molar-refractivity contribution in [2.24, 2.45) is 0 Å². The van der Waals surface area contributed by atoms with Crippen molar-refractivity contribution in [3.8, 4) is 0 Å². The van der Waals surface area contributed by atoms with Crippen LogP contribution in [-0.4, -0.2) is 22.8 Å². The minimum Gasteiger partial charge on any atom is -0.464 e. The Morgan fingerprint density at radius 1 is 1.32 bits per heavy atom. The lowest BCUT2D eigenvalue weighted by Crippen LogP contribution is -2.10. The van der Waals surface area contributed by atoms with E-state index in [4.69, 9.17) is 15.6 Å². The Kier molecular flexibility index (Phi) is 3.87. The van der Waals surface area contributed by atoms with Gasteiger partial charge in [0.1, 0.15) is 5.69 Å². The first kappa shape index (κ1) is 13.2. The first-order chi connectivity index (χ1) is 9.13. The summed E-state index contributed by atoms with van der Waals surface area (Å²) in [6, 6.07) is 9.10. The summed E-state index contributed by atoms with van der Waals surface area (Å²) in [6.07, 6.45) is 1.70. The van der Waals surface area contributed by atoms with Gasteiger partial charge >= 0.3 is 5.97 Å². The summed E-state index contributed by atoms with van der Waals surface area (Å²) >= 11 is 0. The summed E-state index contributed by atoms with van der Waals surface area (Å²) in [5, 5.41) is 8.99. The van der Waals surface area contributed by atoms with Crippen LogP contribution < -0.4 is 5.73 Å². The van der Waals surface area contributed by atoms with Crippen LogP contribution in [0, 0.1) is 0 Å². The number of hydrogen-bond acceptors (Lipinski definition) is 4. The summed E-state index contributed by atoms with van der Waals surface area (Å²) in [4.78, 5) is 11.6. The van der Waals surface area contributed by atoms with Crippen LogP contribution in [0.15, 0.2) is 36.5 Å². The van der Waals surface area contributed by atoms with Crippen LogP contribution in [-0.2, 0) is 17.9 Å². The molecule has 0 unspecified atom stereocenters. The number of nitrogen functional groups attached to an aromatic ring is 1. The number of aliphatic hydroxyl groups is 1. The molecule has 0 saturated heterocycles. The third-order valence-electron chi connectivity index (χ3n) is 2.87. The molecule has 0 amide bonds. The van der Waals surface area contributed by atoms with Crippen LogP contribution in [0.3, 0.4) is 0 Å². The smallest absolute Gasteiger partial charge is 0.354 e. The van der Waals surface area contributed by atoms with Gasteiger partial charge in [0.25, 0.3) is 0 Å². The van der Waals surface area contributed by atoms with E-state index in [0.717, 1.165) is 11.1 Å². The zero-order valence-corrected chi connectivity index (χ0v) is 10.7. The largest absolute Gasteiger partial charge is 0.464 e. The van der Waals surface area contributed by atoms with E-state index in [0.29, 0.717) is 17.9 Å². The third kappa shape index (κ3) is 2.95. The van der Waals surface area contributed by atoms with E-state index in [1.807, 2.05) is 24.3 Å². The lowest BCUT2D eigenvalue weighted by Gasteiger charge is -2.08. The van der Waals surface area contributed by atoms with Gasteiger partial charge in [-0.05, 0) is 17.2 Å². The highest BCUT2D eigenvalue weighted by Crippen LogP contribution is 2.15. The van der Waals surface area contributed by atoms with E-state index in [9.17, 15) is 4.79 Å². The summed E-state index contributed by atoms with van der Waals surface area (Å²) in [6.45, 7) is 0.539. The summed E-state index contributed by atoms with van der Waals surface area (Å²) in [7, 11) is 1.34. The van der Waals surface area contributed by atoms with Gasteiger partial charge in [0.05, 0.1) is 19.4 Å². The minimum atomic E-state index is -0.413. The predicted molar refractivity (Wildman–Crippen MR) is 71.7 cm³/mol. The molecule has 0 atom stereocenters. The fourth-order valence-corrected chi connectivity index (χ4v) is 1.89. The molecule has 0 radical (unpaired) electrons. The number of anilines is 1. The van der Waals surface area contributed by atoms with Gasteiger partial charge in [0.15, 0.2) is 0 Å². The van der Waals surface area contributed by atoms with Crippen molar-refractivity contribution in [1.82, 2.24) is 4.57 Å². The van der Waals surface area contributed by atoms with E-state index < -0.39 is 5.97 Å². The topological polar surface area (TPSA) is 77.5 Å². The maximum atomic E-state index is 11.6. The fourth-order valence-electron chi connectivity index (χ4n) is 1.89. The molecule has 0 aliphatic heterocycles. The van der Waals surface area contributed by atoms with Crippen LogP contribution in [0.1, 0.15) is 21.6 Å². The number of aliphatic hydroxyl groups excluding tert-OH is 1. The Morgan fingerprint density at radius 2 is 1.95 bits per heavy atom. The lowest BCUT2D eigenvalue weighted by atomic mass is 10.1. The van der Waals surface area contributed by atoms with Crippen LogP contribution >= 0.6 is 0 Å². The van der Waals surface area contributed by atoms with Crippen molar-refractivity contribution < 1.29 is 14.6 Å². The number of nitrogens with two attached hydrogens (primary N) is 1. The van der Waals surface area contributed by atoms with Crippen molar-refractivity contribution >= 4 is 11.7 Å². The van der Waals surface area contributed by atoms with Crippen LogP contribution in [0.25, 0.3) is 0 Å². The maximum absolute atomic E-state index is 11.6. The predicted octanol–water partition coefficient (Wildman–Crippen LogP) is 1.40. The zero-order chi connectivity index (χ0) is 13.8. The number of benzene rings is 1. The number of esters is 1. The van der Waals surface area contributed by atoms with Gasteiger partial charge < -0.3 is 20.1 Å². The Balaban J connectivity index is 2.24. The number of carbonyl (C=O) groups excluding carboxylic acids is 1. The van der Waals surface area contributed by atoms with E-state index in [-0.39, 0.29) is 6.61 Å². The zero-order valence-electron chi connectivity index (χ0n) is 10.7. The lowest BCUT2D eigenvalue weighted by molar-refractivity contribution is 0.0589. The SMILES string of the molecule is COC(=O)c1cc(N)cn1Cc1ccc(CO)cc1. The summed E-state index contributed by atoms with van der Waals surface area (Å²) < 4.78 is 6.46. The monoisotopic (exact) mass is 260 g/mol. The molecule has 0 aliphatic carbocycles. The molecule has 0 spiro atoms.